The second kappa shape index (κ2) is 5.38. The number of aliphatic carboxylic acids is 1. The molecule has 0 bridgehead atoms. The Morgan fingerprint density at radius 3 is 2.56 bits per heavy atom. The van der Waals surface area contributed by atoms with Crippen LogP contribution in [0.3, 0.4) is 0 Å². The Labute approximate surface area is 105 Å². The van der Waals surface area contributed by atoms with Gasteiger partial charge in [-0.2, -0.15) is 0 Å². The molecule has 1 saturated carbocycles. The first kappa shape index (κ1) is 13.1. The second-order valence-corrected chi connectivity index (χ2v) is 3.69. The summed E-state index contributed by atoms with van der Waals surface area (Å²) in [5.74, 6) is -1.10. The molecule has 16 heavy (non-hydrogen) atoms. The zero-order chi connectivity index (χ0) is 10.8. The Bertz CT molecular complexity index is 366. The third-order valence-corrected chi connectivity index (χ3v) is 2.50. The molecule has 0 aliphatic heterocycles. The molecule has 2 rings (SSSR count). The van der Waals surface area contributed by atoms with Gasteiger partial charge in [0, 0.05) is 17.8 Å². The topological polar surface area (TPSA) is 49.4 Å². The Hall–Kier alpha value is -0.983. The third kappa shape index (κ3) is 3.26. The van der Waals surface area contributed by atoms with Crippen molar-refractivity contribution in [3.8, 4) is 5.75 Å². The number of carbonyl (C=O) groups is 1. The van der Waals surface area contributed by atoms with E-state index in [4.69, 9.17) is 4.74 Å². The zero-order valence-corrected chi connectivity index (χ0v) is 8.98. The minimum absolute atomic E-state index is 0. The van der Waals surface area contributed by atoms with Crippen molar-refractivity contribution in [2.24, 2.45) is 11.8 Å². The molecule has 0 heterocycles. The Morgan fingerprint density at radius 2 is 2.06 bits per heavy atom. The molecular weight excluding hydrogens is 206 g/mol. The summed E-state index contributed by atoms with van der Waals surface area (Å²) >= 11 is 0. The van der Waals surface area contributed by atoms with Crippen LogP contribution in [0.15, 0.2) is 24.3 Å². The average molecular weight is 216 g/mol. The molecule has 1 aromatic rings. The molecule has 3 nitrogen and oxygen atoms in total. The van der Waals surface area contributed by atoms with Crippen LogP contribution in [-0.2, 0) is 4.79 Å². The van der Waals surface area contributed by atoms with E-state index >= 15 is 0 Å². The van der Waals surface area contributed by atoms with Crippen LogP contribution < -0.4 is 28.7 Å². The largest absolute Gasteiger partial charge is 1.00 e. The molecule has 0 aromatic heterocycles. The second-order valence-electron chi connectivity index (χ2n) is 3.69. The zero-order valence-electron chi connectivity index (χ0n) is 8.98. The maximum Gasteiger partial charge on any atom is 1.00 e. The van der Waals surface area contributed by atoms with Crippen LogP contribution in [0.1, 0.15) is 6.42 Å². The van der Waals surface area contributed by atoms with E-state index in [-0.39, 0.29) is 36.5 Å². The van der Waals surface area contributed by atoms with E-state index in [0.717, 1.165) is 0 Å². The Kier molecular flexibility index (Phi) is 4.40. The average Bonchev–Trinajstić information content (AvgIpc) is 2.96. The van der Waals surface area contributed by atoms with Gasteiger partial charge in [0.1, 0.15) is 11.6 Å². The van der Waals surface area contributed by atoms with Gasteiger partial charge >= 0.3 is 18.9 Å². The molecule has 1 aliphatic carbocycles. The van der Waals surface area contributed by atoms with Crippen LogP contribution in [0.25, 0.3) is 0 Å². The van der Waals surface area contributed by atoms with E-state index in [2.05, 4.69) is 0 Å². The SMILES string of the molecule is O=C([O-])C1CC1COc1ccc(F)cc1.[Li+]. The van der Waals surface area contributed by atoms with Crippen molar-refractivity contribution >= 4 is 5.97 Å². The van der Waals surface area contributed by atoms with E-state index in [9.17, 15) is 14.3 Å². The number of hydrogen-bond acceptors (Lipinski definition) is 3. The van der Waals surface area contributed by atoms with Gasteiger partial charge < -0.3 is 14.6 Å². The number of hydrogen-bond donors (Lipinski definition) is 0. The summed E-state index contributed by atoms with van der Waals surface area (Å²) in [4.78, 5) is 10.4. The smallest absolute Gasteiger partial charge is 0.550 e. The van der Waals surface area contributed by atoms with E-state index in [1.165, 1.54) is 24.3 Å². The fourth-order valence-corrected chi connectivity index (χ4v) is 1.45. The van der Waals surface area contributed by atoms with Crippen LogP contribution in [0, 0.1) is 17.7 Å². The third-order valence-electron chi connectivity index (χ3n) is 2.50. The van der Waals surface area contributed by atoms with Gasteiger partial charge in [-0.05, 0) is 30.7 Å². The molecule has 0 amide bonds. The minimum Gasteiger partial charge on any atom is -0.550 e. The number of carboxylic acids is 1. The molecule has 5 heteroatoms. The number of carbonyl (C=O) groups excluding carboxylic acids is 1. The maximum absolute atomic E-state index is 12.5. The molecule has 1 aliphatic rings. The van der Waals surface area contributed by atoms with Crippen molar-refractivity contribution < 1.29 is 37.9 Å². The molecule has 0 radical (unpaired) electrons. The standard InChI is InChI=1S/C11H11FO3.Li/c12-8-1-3-9(4-2-8)15-6-7-5-10(7)11(13)14;/h1-4,7,10H,5-6H2,(H,13,14);/q;+1/p-1. The van der Waals surface area contributed by atoms with E-state index in [1.54, 1.807) is 0 Å². The summed E-state index contributed by atoms with van der Waals surface area (Å²) < 4.78 is 17.8. The van der Waals surface area contributed by atoms with Crippen LogP contribution >= 0.6 is 0 Å². The summed E-state index contributed by atoms with van der Waals surface area (Å²) in [5, 5.41) is 10.4. The molecule has 80 valence electrons. The number of rotatable bonds is 4. The van der Waals surface area contributed by atoms with Crippen molar-refractivity contribution in [1.82, 2.24) is 0 Å². The van der Waals surface area contributed by atoms with Gasteiger partial charge in [-0.3, -0.25) is 0 Å². The van der Waals surface area contributed by atoms with Crippen molar-refractivity contribution in [2.75, 3.05) is 6.61 Å². The summed E-state index contributed by atoms with van der Waals surface area (Å²) in [5.41, 5.74) is 0. The summed E-state index contributed by atoms with van der Waals surface area (Å²) in [6, 6.07) is 5.65. The van der Waals surface area contributed by atoms with E-state index in [1.807, 2.05) is 0 Å². The molecule has 0 spiro atoms. The summed E-state index contributed by atoms with van der Waals surface area (Å²) in [6.45, 7) is 0.351. The number of carboxylic acid groups (broad SMARTS) is 1. The van der Waals surface area contributed by atoms with Gasteiger partial charge in [0.2, 0.25) is 0 Å². The van der Waals surface area contributed by atoms with Crippen LogP contribution in [0.2, 0.25) is 0 Å². The van der Waals surface area contributed by atoms with Crippen molar-refractivity contribution in [2.45, 2.75) is 6.42 Å². The Balaban J connectivity index is 0.00000128. The molecule has 2 atom stereocenters. The maximum atomic E-state index is 12.5. The van der Waals surface area contributed by atoms with Crippen LogP contribution in [0.5, 0.6) is 5.75 Å². The summed E-state index contributed by atoms with van der Waals surface area (Å²) in [6.07, 6.45) is 0.615. The molecule has 0 N–H and O–H groups in total. The first-order valence-corrected chi connectivity index (χ1v) is 4.76. The van der Waals surface area contributed by atoms with Gasteiger partial charge in [0.25, 0.3) is 0 Å². The van der Waals surface area contributed by atoms with Gasteiger partial charge in [0.05, 0.1) is 6.61 Å². The first-order valence-electron chi connectivity index (χ1n) is 4.76. The number of halogens is 1. The molecule has 1 fully saturated rings. The normalized spacial score (nSPS) is 22.1. The van der Waals surface area contributed by atoms with Gasteiger partial charge in [-0.1, -0.05) is 0 Å². The monoisotopic (exact) mass is 216 g/mol. The molecule has 2 unspecified atom stereocenters. The number of ether oxygens (including phenoxy) is 1. The van der Waals surface area contributed by atoms with Crippen molar-refractivity contribution in [3.05, 3.63) is 30.1 Å². The fourth-order valence-electron chi connectivity index (χ4n) is 1.45. The minimum atomic E-state index is -1.01. The predicted molar refractivity (Wildman–Crippen MR) is 48.5 cm³/mol. The van der Waals surface area contributed by atoms with Crippen molar-refractivity contribution in [1.29, 1.82) is 0 Å². The van der Waals surface area contributed by atoms with E-state index < -0.39 is 5.97 Å². The molecule has 1 aromatic carbocycles. The van der Waals surface area contributed by atoms with E-state index in [0.29, 0.717) is 18.8 Å². The van der Waals surface area contributed by atoms with Gasteiger partial charge in [0.15, 0.2) is 0 Å². The van der Waals surface area contributed by atoms with Crippen molar-refractivity contribution in [3.63, 3.8) is 0 Å². The quantitative estimate of drug-likeness (QED) is 0.527. The van der Waals surface area contributed by atoms with Crippen LogP contribution in [-0.4, -0.2) is 12.6 Å². The summed E-state index contributed by atoms with van der Waals surface area (Å²) in [7, 11) is 0. The van der Waals surface area contributed by atoms with Gasteiger partial charge in [-0.25, -0.2) is 4.39 Å². The molecular formula is C11H10FLiO3. The Morgan fingerprint density at radius 1 is 1.44 bits per heavy atom. The predicted octanol–water partition coefficient (Wildman–Crippen LogP) is -2.41. The molecule has 0 saturated heterocycles. The first-order chi connectivity index (χ1) is 7.16. The van der Waals surface area contributed by atoms with Gasteiger partial charge in [-0.15, -0.1) is 0 Å². The fraction of sp³-hybridized carbons (Fsp3) is 0.364. The van der Waals surface area contributed by atoms with Crippen LogP contribution in [0.4, 0.5) is 4.39 Å². The number of benzene rings is 1.